The Balaban J connectivity index is 1.41. The van der Waals surface area contributed by atoms with E-state index in [1.165, 1.54) is 11.1 Å². The van der Waals surface area contributed by atoms with Gasteiger partial charge in [-0.1, -0.05) is 41.4 Å². The number of ether oxygens (including phenoxy) is 1. The summed E-state index contributed by atoms with van der Waals surface area (Å²) >= 11 is 12.6. The van der Waals surface area contributed by atoms with Crippen LogP contribution in [-0.2, 0) is 23.1 Å². The van der Waals surface area contributed by atoms with Crippen LogP contribution in [0, 0.1) is 0 Å². The van der Waals surface area contributed by atoms with Crippen LogP contribution in [-0.4, -0.2) is 42.2 Å². The van der Waals surface area contributed by atoms with Crippen molar-refractivity contribution in [1.82, 2.24) is 4.90 Å². The molecule has 0 amide bonds. The van der Waals surface area contributed by atoms with E-state index in [4.69, 9.17) is 33.0 Å². The summed E-state index contributed by atoms with van der Waals surface area (Å²) in [7, 11) is 0. The molecule has 2 aromatic rings. The lowest BCUT2D eigenvalue weighted by Crippen LogP contribution is -2.44. The largest absolute Gasteiger partial charge is 0.492 e. The summed E-state index contributed by atoms with van der Waals surface area (Å²) < 4.78 is 6.10. The Bertz CT molecular complexity index is 887. The van der Waals surface area contributed by atoms with Crippen LogP contribution < -0.4 is 4.74 Å². The number of fused-ring (bicyclic) bond motifs is 2. The second-order valence-electron chi connectivity index (χ2n) is 8.09. The molecule has 1 N–H and O–H groups in total. The lowest BCUT2D eigenvalue weighted by atomic mass is 9.74. The number of halogens is 2. The lowest BCUT2D eigenvalue weighted by molar-refractivity contribution is -0.137. The molecule has 2 aliphatic rings. The molecule has 4 rings (SSSR count). The summed E-state index contributed by atoms with van der Waals surface area (Å²) in [6.07, 6.45) is 3.87. The highest BCUT2D eigenvalue weighted by Gasteiger charge is 2.42. The molecule has 1 spiro atoms. The van der Waals surface area contributed by atoms with Crippen molar-refractivity contribution in [3.8, 4) is 5.75 Å². The maximum absolute atomic E-state index is 10.8. The van der Waals surface area contributed by atoms with Crippen LogP contribution in [0.5, 0.6) is 5.75 Å². The van der Waals surface area contributed by atoms with Gasteiger partial charge in [0.15, 0.2) is 0 Å². The Labute approximate surface area is 181 Å². The number of aryl methyl sites for hydroxylation is 1. The highest BCUT2D eigenvalue weighted by atomic mass is 35.5. The summed E-state index contributed by atoms with van der Waals surface area (Å²) in [5.41, 5.74) is 3.58. The molecule has 1 saturated heterocycles. The second kappa shape index (κ2) is 8.55. The van der Waals surface area contributed by atoms with Gasteiger partial charge in [0.25, 0.3) is 0 Å². The third-order valence-electron chi connectivity index (χ3n) is 6.30. The zero-order valence-corrected chi connectivity index (χ0v) is 17.8. The first-order chi connectivity index (χ1) is 14.0. The molecule has 0 aromatic heterocycles. The molecule has 0 unspecified atom stereocenters. The molecule has 29 heavy (non-hydrogen) atoms. The first-order valence-corrected chi connectivity index (χ1v) is 10.9. The first kappa shape index (κ1) is 20.5. The number of rotatable bonds is 6. The third kappa shape index (κ3) is 4.40. The predicted molar refractivity (Wildman–Crippen MR) is 115 cm³/mol. The molecular formula is C23H25Cl2NO3. The van der Waals surface area contributed by atoms with E-state index in [0.717, 1.165) is 56.7 Å². The summed E-state index contributed by atoms with van der Waals surface area (Å²) in [5, 5.41) is 10.3. The monoisotopic (exact) mass is 433 g/mol. The van der Waals surface area contributed by atoms with Gasteiger partial charge >= 0.3 is 5.97 Å². The number of carboxylic acids is 1. The highest BCUT2D eigenvalue weighted by molar-refractivity contribution is 6.35. The highest BCUT2D eigenvalue weighted by Crippen LogP contribution is 2.46. The van der Waals surface area contributed by atoms with Gasteiger partial charge < -0.3 is 14.7 Å². The SMILES string of the molecule is O=C(O)CCN1CCC2(CC1)COc1cc(CCc3c(Cl)cccc3Cl)ccc12. The van der Waals surface area contributed by atoms with E-state index in [0.29, 0.717) is 16.6 Å². The molecule has 0 bridgehead atoms. The van der Waals surface area contributed by atoms with Gasteiger partial charge in [-0.15, -0.1) is 0 Å². The van der Waals surface area contributed by atoms with Gasteiger partial charge in [-0.2, -0.15) is 0 Å². The zero-order chi connectivity index (χ0) is 20.4. The normalized spacial score (nSPS) is 17.9. The number of hydrogen-bond acceptors (Lipinski definition) is 3. The van der Waals surface area contributed by atoms with E-state index < -0.39 is 5.97 Å². The fourth-order valence-electron chi connectivity index (χ4n) is 4.49. The van der Waals surface area contributed by atoms with Gasteiger partial charge in [0, 0.05) is 27.6 Å². The smallest absolute Gasteiger partial charge is 0.304 e. The summed E-state index contributed by atoms with van der Waals surface area (Å²) in [6.45, 7) is 3.18. The molecule has 1 fully saturated rings. The minimum Gasteiger partial charge on any atom is -0.492 e. The topological polar surface area (TPSA) is 49.8 Å². The number of hydrogen-bond donors (Lipinski definition) is 1. The van der Waals surface area contributed by atoms with E-state index in [-0.39, 0.29) is 11.8 Å². The van der Waals surface area contributed by atoms with Crippen molar-refractivity contribution in [2.75, 3.05) is 26.2 Å². The molecule has 4 nitrogen and oxygen atoms in total. The van der Waals surface area contributed by atoms with Gasteiger partial charge in [0.1, 0.15) is 5.75 Å². The van der Waals surface area contributed by atoms with Crippen LogP contribution in [0.15, 0.2) is 36.4 Å². The van der Waals surface area contributed by atoms with E-state index in [1.54, 1.807) is 0 Å². The molecule has 2 heterocycles. The molecule has 0 atom stereocenters. The van der Waals surface area contributed by atoms with E-state index in [2.05, 4.69) is 23.1 Å². The number of carbonyl (C=O) groups is 1. The second-order valence-corrected chi connectivity index (χ2v) is 8.90. The molecular weight excluding hydrogens is 409 g/mol. The van der Waals surface area contributed by atoms with Crippen LogP contribution in [0.2, 0.25) is 10.0 Å². The number of likely N-dealkylation sites (tertiary alicyclic amines) is 1. The van der Waals surface area contributed by atoms with Crippen molar-refractivity contribution in [3.05, 3.63) is 63.1 Å². The lowest BCUT2D eigenvalue weighted by Gasteiger charge is -2.38. The van der Waals surface area contributed by atoms with E-state index in [1.807, 2.05) is 18.2 Å². The fraction of sp³-hybridized carbons (Fsp3) is 0.435. The van der Waals surface area contributed by atoms with Gasteiger partial charge in [-0.05, 0) is 68.1 Å². The third-order valence-corrected chi connectivity index (χ3v) is 7.01. The first-order valence-electron chi connectivity index (χ1n) is 10.1. The van der Waals surface area contributed by atoms with Crippen LogP contribution in [0.1, 0.15) is 36.0 Å². The van der Waals surface area contributed by atoms with Crippen molar-refractivity contribution in [3.63, 3.8) is 0 Å². The summed E-state index contributed by atoms with van der Waals surface area (Å²) in [5.74, 6) is 0.261. The van der Waals surface area contributed by atoms with Gasteiger partial charge in [0.2, 0.25) is 0 Å². The molecule has 6 heteroatoms. The maximum atomic E-state index is 10.8. The van der Waals surface area contributed by atoms with Crippen molar-refractivity contribution in [2.45, 2.75) is 37.5 Å². The predicted octanol–water partition coefficient (Wildman–Crippen LogP) is 4.98. The number of piperidine rings is 1. The Morgan fingerprint density at radius 2 is 1.83 bits per heavy atom. The van der Waals surface area contributed by atoms with Gasteiger partial charge in [-0.25, -0.2) is 0 Å². The molecule has 2 aromatic carbocycles. The van der Waals surface area contributed by atoms with Crippen LogP contribution in [0.25, 0.3) is 0 Å². The minimum atomic E-state index is -0.731. The van der Waals surface area contributed by atoms with Crippen molar-refractivity contribution < 1.29 is 14.6 Å². The average Bonchev–Trinajstić information content (AvgIpc) is 3.05. The molecule has 0 saturated carbocycles. The zero-order valence-electron chi connectivity index (χ0n) is 16.3. The Morgan fingerprint density at radius 1 is 1.10 bits per heavy atom. The van der Waals surface area contributed by atoms with E-state index >= 15 is 0 Å². The average molecular weight is 434 g/mol. The summed E-state index contributed by atoms with van der Waals surface area (Å²) in [4.78, 5) is 13.1. The van der Waals surface area contributed by atoms with Gasteiger partial charge in [-0.3, -0.25) is 4.79 Å². The van der Waals surface area contributed by atoms with E-state index in [9.17, 15) is 4.79 Å². The Kier molecular flexibility index (Phi) is 6.05. The quantitative estimate of drug-likeness (QED) is 0.697. The number of benzene rings is 2. The molecule has 2 aliphatic heterocycles. The standard InChI is InChI=1S/C23H25Cl2NO3/c24-19-2-1-3-20(25)17(19)6-4-16-5-7-18-21(14-16)29-15-23(18)9-12-26(13-10-23)11-8-22(27)28/h1-3,5,7,14H,4,6,8-13,15H2,(H,27,28). The fourth-order valence-corrected chi connectivity index (χ4v) is 5.07. The van der Waals surface area contributed by atoms with Crippen LogP contribution in [0.4, 0.5) is 0 Å². The Morgan fingerprint density at radius 3 is 2.52 bits per heavy atom. The number of nitrogens with zero attached hydrogens (tertiary/aromatic N) is 1. The van der Waals surface area contributed by atoms with Crippen LogP contribution >= 0.6 is 23.2 Å². The molecule has 154 valence electrons. The number of aliphatic carboxylic acids is 1. The van der Waals surface area contributed by atoms with Crippen LogP contribution in [0.3, 0.4) is 0 Å². The Hall–Kier alpha value is -1.75. The molecule has 0 radical (unpaired) electrons. The number of carboxylic acid groups (broad SMARTS) is 1. The maximum Gasteiger partial charge on any atom is 0.304 e. The minimum absolute atomic E-state index is 0.0691. The summed E-state index contributed by atoms with van der Waals surface area (Å²) in [6, 6.07) is 12.2. The van der Waals surface area contributed by atoms with Crippen molar-refractivity contribution in [1.29, 1.82) is 0 Å². The van der Waals surface area contributed by atoms with Crippen molar-refractivity contribution >= 4 is 29.2 Å². The molecule has 0 aliphatic carbocycles. The van der Waals surface area contributed by atoms with Gasteiger partial charge in [0.05, 0.1) is 13.0 Å². The van der Waals surface area contributed by atoms with Crippen molar-refractivity contribution in [2.24, 2.45) is 0 Å².